The van der Waals surface area contributed by atoms with E-state index in [0.717, 1.165) is 18.8 Å². The van der Waals surface area contributed by atoms with E-state index in [1.807, 2.05) is 12.1 Å². The molecule has 0 atom stereocenters. The van der Waals surface area contributed by atoms with Crippen molar-refractivity contribution in [3.05, 3.63) is 29.8 Å². The first-order valence-corrected chi connectivity index (χ1v) is 6.62. The van der Waals surface area contributed by atoms with Crippen molar-refractivity contribution < 1.29 is 9.90 Å². The van der Waals surface area contributed by atoms with Gasteiger partial charge in [0.25, 0.3) is 0 Å². The van der Waals surface area contributed by atoms with E-state index in [4.69, 9.17) is 5.11 Å². The Morgan fingerprint density at radius 2 is 1.83 bits per heavy atom. The van der Waals surface area contributed by atoms with Crippen LogP contribution in [0.1, 0.15) is 43.5 Å². The third-order valence-corrected chi connectivity index (χ3v) is 4.30. The van der Waals surface area contributed by atoms with Gasteiger partial charge < -0.3 is 10.0 Å². The van der Waals surface area contributed by atoms with Gasteiger partial charge in [-0.05, 0) is 42.5 Å². The first-order valence-electron chi connectivity index (χ1n) is 6.62. The maximum Gasteiger partial charge on any atom is 0.335 e. The normalized spacial score (nSPS) is 18.7. The van der Waals surface area contributed by atoms with Crippen LogP contribution in [-0.2, 0) is 0 Å². The van der Waals surface area contributed by atoms with E-state index in [1.165, 1.54) is 19.3 Å². The molecule has 2 rings (SSSR count). The first-order chi connectivity index (χ1) is 8.54. The van der Waals surface area contributed by atoms with Crippen molar-refractivity contribution in [3.63, 3.8) is 0 Å². The third kappa shape index (κ3) is 2.66. The molecule has 3 heteroatoms. The summed E-state index contributed by atoms with van der Waals surface area (Å²) >= 11 is 0. The molecule has 0 aliphatic carbocycles. The van der Waals surface area contributed by atoms with Crippen LogP contribution in [0, 0.1) is 5.41 Å². The maximum absolute atomic E-state index is 10.8. The van der Waals surface area contributed by atoms with Crippen LogP contribution in [0.4, 0.5) is 5.69 Å². The number of benzene rings is 1. The van der Waals surface area contributed by atoms with Crippen LogP contribution in [0.5, 0.6) is 0 Å². The quantitative estimate of drug-likeness (QED) is 0.890. The Hall–Kier alpha value is -1.51. The van der Waals surface area contributed by atoms with Crippen LogP contribution in [0.25, 0.3) is 0 Å². The molecule has 1 saturated heterocycles. The molecule has 98 valence electrons. The molecule has 1 aromatic carbocycles. The predicted molar refractivity (Wildman–Crippen MR) is 73.2 cm³/mol. The number of rotatable bonds is 3. The second-order valence-corrected chi connectivity index (χ2v) is 5.50. The summed E-state index contributed by atoms with van der Waals surface area (Å²) < 4.78 is 0. The predicted octanol–water partition coefficient (Wildman–Crippen LogP) is 3.40. The number of hydrogen-bond donors (Lipinski definition) is 1. The number of carboxylic acid groups (broad SMARTS) is 1. The van der Waals surface area contributed by atoms with Gasteiger partial charge in [0.05, 0.1) is 5.56 Å². The minimum absolute atomic E-state index is 0.356. The number of hydrogen-bond acceptors (Lipinski definition) is 2. The summed E-state index contributed by atoms with van der Waals surface area (Å²) in [6, 6.07) is 7.20. The van der Waals surface area contributed by atoms with Crippen LogP contribution >= 0.6 is 0 Å². The Bertz CT molecular complexity index is 417. The Morgan fingerprint density at radius 3 is 2.28 bits per heavy atom. The van der Waals surface area contributed by atoms with Gasteiger partial charge in [-0.3, -0.25) is 0 Å². The standard InChI is InChI=1S/C15H21NO2/c1-3-15(2)8-10-16(11-9-15)13-6-4-12(5-7-13)14(17)18/h4-7H,3,8-11H2,1-2H3,(H,17,18). The van der Waals surface area contributed by atoms with Crippen molar-refractivity contribution in [1.29, 1.82) is 0 Å². The smallest absolute Gasteiger partial charge is 0.335 e. The van der Waals surface area contributed by atoms with Crippen LogP contribution < -0.4 is 4.90 Å². The topological polar surface area (TPSA) is 40.5 Å². The molecule has 1 heterocycles. The molecular weight excluding hydrogens is 226 g/mol. The molecule has 1 aliphatic heterocycles. The SMILES string of the molecule is CCC1(C)CCN(c2ccc(C(=O)O)cc2)CC1. The van der Waals surface area contributed by atoms with Gasteiger partial charge in [0, 0.05) is 18.8 Å². The minimum atomic E-state index is -0.862. The summed E-state index contributed by atoms with van der Waals surface area (Å²) in [5.41, 5.74) is 1.98. The summed E-state index contributed by atoms with van der Waals surface area (Å²) in [5, 5.41) is 8.87. The highest BCUT2D eigenvalue weighted by molar-refractivity contribution is 5.88. The summed E-state index contributed by atoms with van der Waals surface area (Å²) in [5.74, 6) is -0.862. The molecule has 1 fully saturated rings. The summed E-state index contributed by atoms with van der Waals surface area (Å²) in [6.45, 7) is 6.75. The molecule has 0 saturated carbocycles. The molecule has 3 nitrogen and oxygen atoms in total. The lowest BCUT2D eigenvalue weighted by molar-refractivity contribution is 0.0697. The zero-order valence-electron chi connectivity index (χ0n) is 11.1. The van der Waals surface area contributed by atoms with Crippen LogP contribution in [0.15, 0.2) is 24.3 Å². The van der Waals surface area contributed by atoms with Gasteiger partial charge in [-0.25, -0.2) is 4.79 Å². The lowest BCUT2D eigenvalue weighted by Gasteiger charge is -2.40. The average Bonchev–Trinajstić information content (AvgIpc) is 2.40. The number of carbonyl (C=O) groups is 1. The van der Waals surface area contributed by atoms with Gasteiger partial charge in [-0.1, -0.05) is 20.3 Å². The first kappa shape index (κ1) is 12.9. The zero-order valence-corrected chi connectivity index (χ0v) is 11.1. The second kappa shape index (κ2) is 5.01. The zero-order chi connectivity index (χ0) is 13.2. The van der Waals surface area contributed by atoms with Crippen molar-refractivity contribution in [2.24, 2.45) is 5.41 Å². The highest BCUT2D eigenvalue weighted by Gasteiger charge is 2.28. The van der Waals surface area contributed by atoms with Crippen LogP contribution in [-0.4, -0.2) is 24.2 Å². The molecule has 0 aromatic heterocycles. The number of piperidine rings is 1. The third-order valence-electron chi connectivity index (χ3n) is 4.30. The number of carboxylic acids is 1. The summed E-state index contributed by atoms with van der Waals surface area (Å²) in [4.78, 5) is 13.1. The summed E-state index contributed by atoms with van der Waals surface area (Å²) in [6.07, 6.45) is 3.66. The lowest BCUT2D eigenvalue weighted by atomic mass is 9.78. The molecule has 0 spiro atoms. The fourth-order valence-corrected chi connectivity index (χ4v) is 2.47. The molecular formula is C15H21NO2. The van der Waals surface area contributed by atoms with E-state index < -0.39 is 5.97 Å². The molecule has 1 aromatic rings. The maximum atomic E-state index is 10.8. The van der Waals surface area contributed by atoms with Crippen molar-refractivity contribution in [1.82, 2.24) is 0 Å². The largest absolute Gasteiger partial charge is 0.478 e. The van der Waals surface area contributed by atoms with E-state index >= 15 is 0 Å². The monoisotopic (exact) mass is 247 g/mol. The average molecular weight is 247 g/mol. The molecule has 1 aliphatic rings. The van der Waals surface area contributed by atoms with Gasteiger partial charge in [0.1, 0.15) is 0 Å². The van der Waals surface area contributed by atoms with Crippen molar-refractivity contribution in [3.8, 4) is 0 Å². The van der Waals surface area contributed by atoms with Crippen molar-refractivity contribution in [2.75, 3.05) is 18.0 Å². The van der Waals surface area contributed by atoms with E-state index in [0.29, 0.717) is 11.0 Å². The molecule has 1 N–H and O–H groups in total. The highest BCUT2D eigenvalue weighted by Crippen LogP contribution is 2.35. The van der Waals surface area contributed by atoms with Crippen molar-refractivity contribution >= 4 is 11.7 Å². The van der Waals surface area contributed by atoms with Gasteiger partial charge >= 0.3 is 5.97 Å². The fourth-order valence-electron chi connectivity index (χ4n) is 2.47. The number of nitrogens with zero attached hydrogens (tertiary/aromatic N) is 1. The van der Waals surface area contributed by atoms with E-state index in [1.54, 1.807) is 12.1 Å². The molecule has 18 heavy (non-hydrogen) atoms. The molecule has 0 radical (unpaired) electrons. The fraction of sp³-hybridized carbons (Fsp3) is 0.533. The summed E-state index contributed by atoms with van der Waals surface area (Å²) in [7, 11) is 0. The van der Waals surface area contributed by atoms with Gasteiger partial charge in [-0.15, -0.1) is 0 Å². The second-order valence-electron chi connectivity index (χ2n) is 5.50. The van der Waals surface area contributed by atoms with E-state index in [2.05, 4.69) is 18.7 Å². The van der Waals surface area contributed by atoms with Crippen LogP contribution in [0.2, 0.25) is 0 Å². The van der Waals surface area contributed by atoms with Gasteiger partial charge in [0.2, 0.25) is 0 Å². The Morgan fingerprint density at radius 1 is 1.28 bits per heavy atom. The van der Waals surface area contributed by atoms with E-state index in [9.17, 15) is 4.79 Å². The Balaban J connectivity index is 2.03. The minimum Gasteiger partial charge on any atom is -0.478 e. The Kier molecular flexibility index (Phi) is 3.60. The van der Waals surface area contributed by atoms with Crippen LogP contribution in [0.3, 0.4) is 0 Å². The Labute approximate surface area is 108 Å². The molecule has 0 amide bonds. The number of anilines is 1. The van der Waals surface area contributed by atoms with Gasteiger partial charge in [0.15, 0.2) is 0 Å². The molecule has 0 unspecified atom stereocenters. The van der Waals surface area contributed by atoms with Crippen molar-refractivity contribution in [2.45, 2.75) is 33.1 Å². The van der Waals surface area contributed by atoms with E-state index in [-0.39, 0.29) is 0 Å². The highest BCUT2D eigenvalue weighted by atomic mass is 16.4. The number of aromatic carboxylic acids is 1. The molecule has 0 bridgehead atoms. The lowest BCUT2D eigenvalue weighted by Crippen LogP contribution is -2.38. The van der Waals surface area contributed by atoms with Gasteiger partial charge in [-0.2, -0.15) is 0 Å².